The molecule has 0 bridgehead atoms. The molecule has 0 aliphatic rings. The van der Waals surface area contributed by atoms with Crippen molar-refractivity contribution >= 4 is 29.0 Å². The summed E-state index contributed by atoms with van der Waals surface area (Å²) in [5.74, 6) is 1.19. The number of hydrogen-bond donors (Lipinski definition) is 1. The van der Waals surface area contributed by atoms with Gasteiger partial charge < -0.3 is 14.6 Å². The summed E-state index contributed by atoms with van der Waals surface area (Å²) < 4.78 is 8.47. The first-order valence-corrected chi connectivity index (χ1v) is 11.2. The lowest BCUT2D eigenvalue weighted by molar-refractivity contribution is -0.115. The zero-order chi connectivity index (χ0) is 23.5. The SMILES string of the molecule is COc1ccc(NC(=O)[C@@H](C)Sc2nnc(Cc3c(C)nc4ccccn4c3=O)n2C)cc1. The fraction of sp³-hybridized carbons (Fsp3) is 0.261. The van der Waals surface area contributed by atoms with Crippen LogP contribution in [0.4, 0.5) is 5.69 Å². The van der Waals surface area contributed by atoms with Crippen molar-refractivity contribution in [3.63, 3.8) is 0 Å². The quantitative estimate of drug-likeness (QED) is 0.420. The number of ether oxygens (including phenoxy) is 1. The normalized spacial score (nSPS) is 12.0. The largest absolute Gasteiger partial charge is 0.497 e. The third-order valence-electron chi connectivity index (χ3n) is 5.30. The Hall–Kier alpha value is -3.66. The molecule has 1 atom stereocenters. The lowest BCUT2D eigenvalue weighted by atomic mass is 10.1. The lowest BCUT2D eigenvalue weighted by Gasteiger charge is -2.12. The maximum absolute atomic E-state index is 13.0. The van der Waals surface area contributed by atoms with E-state index in [4.69, 9.17) is 4.74 Å². The van der Waals surface area contributed by atoms with Crippen molar-refractivity contribution in [2.75, 3.05) is 12.4 Å². The summed E-state index contributed by atoms with van der Waals surface area (Å²) in [4.78, 5) is 30.1. The van der Waals surface area contributed by atoms with Crippen LogP contribution >= 0.6 is 11.8 Å². The van der Waals surface area contributed by atoms with E-state index >= 15 is 0 Å². The third-order valence-corrected chi connectivity index (χ3v) is 6.44. The van der Waals surface area contributed by atoms with Gasteiger partial charge in [0.2, 0.25) is 5.91 Å². The molecule has 0 saturated heterocycles. The number of hydrogen-bond acceptors (Lipinski definition) is 7. The van der Waals surface area contributed by atoms with E-state index in [2.05, 4.69) is 20.5 Å². The number of pyridine rings is 1. The summed E-state index contributed by atoms with van der Waals surface area (Å²) in [5, 5.41) is 11.6. The van der Waals surface area contributed by atoms with E-state index in [0.717, 1.165) is 5.75 Å². The first kappa shape index (κ1) is 22.5. The molecule has 10 heteroatoms. The molecule has 1 N–H and O–H groups in total. The predicted molar refractivity (Wildman–Crippen MR) is 127 cm³/mol. The minimum atomic E-state index is -0.405. The van der Waals surface area contributed by atoms with E-state index in [1.165, 1.54) is 16.2 Å². The summed E-state index contributed by atoms with van der Waals surface area (Å²) in [5.41, 5.74) is 2.40. The molecule has 4 rings (SSSR count). The molecule has 0 radical (unpaired) electrons. The molecule has 0 aliphatic carbocycles. The van der Waals surface area contributed by atoms with Gasteiger partial charge in [-0.25, -0.2) is 4.98 Å². The number of rotatable bonds is 7. The summed E-state index contributed by atoms with van der Waals surface area (Å²) in [6, 6.07) is 12.6. The molecule has 1 aromatic carbocycles. The molecule has 9 nitrogen and oxygen atoms in total. The molecular weight excluding hydrogens is 440 g/mol. The van der Waals surface area contributed by atoms with Crippen molar-refractivity contribution in [1.29, 1.82) is 0 Å². The highest BCUT2D eigenvalue weighted by Crippen LogP contribution is 2.24. The minimum absolute atomic E-state index is 0.123. The van der Waals surface area contributed by atoms with E-state index in [-0.39, 0.29) is 11.5 Å². The maximum Gasteiger partial charge on any atom is 0.261 e. The first-order chi connectivity index (χ1) is 15.9. The van der Waals surface area contributed by atoms with Crippen LogP contribution in [-0.4, -0.2) is 42.4 Å². The van der Waals surface area contributed by atoms with Crippen LogP contribution in [0.5, 0.6) is 5.75 Å². The zero-order valence-electron chi connectivity index (χ0n) is 18.8. The number of thioether (sulfide) groups is 1. The van der Waals surface area contributed by atoms with Gasteiger partial charge in [0.1, 0.15) is 17.2 Å². The number of nitrogens with zero attached hydrogens (tertiary/aromatic N) is 5. The number of nitrogens with one attached hydrogen (secondary N) is 1. The van der Waals surface area contributed by atoms with Crippen molar-refractivity contribution in [1.82, 2.24) is 24.1 Å². The molecule has 0 spiro atoms. The van der Waals surface area contributed by atoms with Crippen molar-refractivity contribution in [2.45, 2.75) is 30.7 Å². The number of carbonyl (C=O) groups excluding carboxylic acids is 1. The van der Waals surface area contributed by atoms with Gasteiger partial charge in [0, 0.05) is 36.6 Å². The zero-order valence-corrected chi connectivity index (χ0v) is 19.6. The molecule has 0 saturated carbocycles. The Labute approximate surface area is 194 Å². The smallest absolute Gasteiger partial charge is 0.261 e. The van der Waals surface area contributed by atoms with Crippen molar-refractivity contribution in [3.8, 4) is 5.75 Å². The molecule has 33 heavy (non-hydrogen) atoms. The number of carbonyl (C=O) groups is 1. The minimum Gasteiger partial charge on any atom is -0.497 e. The van der Waals surface area contributed by atoms with Gasteiger partial charge in [-0.05, 0) is 50.2 Å². The van der Waals surface area contributed by atoms with Crippen LogP contribution in [0.2, 0.25) is 0 Å². The van der Waals surface area contributed by atoms with E-state index in [0.29, 0.717) is 40.0 Å². The van der Waals surface area contributed by atoms with Gasteiger partial charge in [-0.3, -0.25) is 14.0 Å². The van der Waals surface area contributed by atoms with Crippen LogP contribution in [0.3, 0.4) is 0 Å². The van der Waals surface area contributed by atoms with Crippen molar-refractivity contribution < 1.29 is 9.53 Å². The number of aryl methyl sites for hydroxylation is 1. The van der Waals surface area contributed by atoms with Crippen molar-refractivity contribution in [3.05, 3.63) is 76.1 Å². The van der Waals surface area contributed by atoms with Gasteiger partial charge in [0.15, 0.2) is 5.16 Å². The van der Waals surface area contributed by atoms with Gasteiger partial charge in [-0.2, -0.15) is 0 Å². The Bertz CT molecular complexity index is 1360. The Morgan fingerprint density at radius 3 is 2.67 bits per heavy atom. The summed E-state index contributed by atoms with van der Waals surface area (Å²) in [6.07, 6.45) is 2.00. The summed E-state index contributed by atoms with van der Waals surface area (Å²) >= 11 is 1.30. The van der Waals surface area contributed by atoms with E-state index in [1.807, 2.05) is 27.0 Å². The topological polar surface area (TPSA) is 103 Å². The molecule has 3 heterocycles. The highest BCUT2D eigenvalue weighted by molar-refractivity contribution is 8.00. The highest BCUT2D eigenvalue weighted by Gasteiger charge is 2.20. The first-order valence-electron chi connectivity index (χ1n) is 10.3. The number of methoxy groups -OCH3 is 1. The number of anilines is 1. The van der Waals surface area contributed by atoms with Crippen LogP contribution in [-0.2, 0) is 18.3 Å². The van der Waals surface area contributed by atoms with Crippen LogP contribution in [0.15, 0.2) is 58.6 Å². The molecule has 0 fully saturated rings. The van der Waals surface area contributed by atoms with E-state index in [9.17, 15) is 9.59 Å². The van der Waals surface area contributed by atoms with Crippen LogP contribution in [0.1, 0.15) is 24.0 Å². The summed E-state index contributed by atoms with van der Waals surface area (Å²) in [7, 11) is 3.42. The van der Waals surface area contributed by atoms with Gasteiger partial charge in [0.05, 0.1) is 12.4 Å². The second-order valence-electron chi connectivity index (χ2n) is 7.52. The predicted octanol–water partition coefficient (Wildman–Crippen LogP) is 2.85. The van der Waals surface area contributed by atoms with E-state index in [1.54, 1.807) is 54.3 Å². The molecular formula is C23H24N6O3S. The van der Waals surface area contributed by atoms with E-state index < -0.39 is 5.25 Å². The molecule has 3 aromatic heterocycles. The number of fused-ring (bicyclic) bond motifs is 1. The van der Waals surface area contributed by atoms with Gasteiger partial charge in [-0.1, -0.05) is 17.8 Å². The Morgan fingerprint density at radius 2 is 1.94 bits per heavy atom. The lowest BCUT2D eigenvalue weighted by Crippen LogP contribution is -2.23. The average molecular weight is 465 g/mol. The molecule has 4 aromatic rings. The Balaban J connectivity index is 1.48. The standard InChI is InChI=1S/C23H24N6O3S/c1-14-18(22(31)29-12-6-5-7-19(29)24-14)13-20-26-27-23(28(20)3)33-15(2)21(30)25-16-8-10-17(32-4)11-9-16/h5-12,15H,13H2,1-4H3,(H,25,30)/t15-/m1/s1. The molecule has 0 unspecified atom stereocenters. The number of amides is 1. The van der Waals surface area contributed by atoms with Crippen LogP contribution in [0.25, 0.3) is 5.65 Å². The van der Waals surface area contributed by atoms with Gasteiger partial charge in [0.25, 0.3) is 5.56 Å². The Kier molecular flexibility index (Phi) is 6.45. The molecule has 1 amide bonds. The highest BCUT2D eigenvalue weighted by atomic mass is 32.2. The van der Waals surface area contributed by atoms with Gasteiger partial charge >= 0.3 is 0 Å². The third kappa shape index (κ3) is 4.75. The molecule has 170 valence electrons. The fourth-order valence-electron chi connectivity index (χ4n) is 3.33. The monoisotopic (exact) mass is 464 g/mol. The van der Waals surface area contributed by atoms with Crippen molar-refractivity contribution in [2.24, 2.45) is 7.05 Å². The van der Waals surface area contributed by atoms with Crippen LogP contribution < -0.4 is 15.6 Å². The average Bonchev–Trinajstić information content (AvgIpc) is 3.15. The second kappa shape index (κ2) is 9.45. The Morgan fingerprint density at radius 1 is 1.18 bits per heavy atom. The van der Waals surface area contributed by atoms with Crippen LogP contribution in [0, 0.1) is 6.92 Å². The number of benzene rings is 1. The fourth-order valence-corrected chi connectivity index (χ4v) is 4.16. The molecule has 0 aliphatic heterocycles. The summed E-state index contributed by atoms with van der Waals surface area (Å²) in [6.45, 7) is 3.63. The second-order valence-corrected chi connectivity index (χ2v) is 8.83. The van der Waals surface area contributed by atoms with Gasteiger partial charge in [-0.15, -0.1) is 10.2 Å². The maximum atomic E-state index is 13.0. The number of aromatic nitrogens is 5.